The average molecular weight is 542 g/mol. The number of nitrogens with zero attached hydrogens (tertiary/aromatic N) is 4. The molecule has 0 bridgehead atoms. The van der Waals surface area contributed by atoms with Gasteiger partial charge < -0.3 is 14.8 Å². The monoisotopic (exact) mass is 541 g/mol. The summed E-state index contributed by atoms with van der Waals surface area (Å²) in [6, 6.07) is 12.4. The van der Waals surface area contributed by atoms with E-state index in [9.17, 15) is 9.59 Å². The Kier molecular flexibility index (Phi) is 11.2. The van der Waals surface area contributed by atoms with E-state index < -0.39 is 11.2 Å². The number of benzene rings is 1. The fraction of sp³-hybridized carbons (Fsp3) is 0.633. The van der Waals surface area contributed by atoms with Crippen LogP contribution in [0.25, 0.3) is 10.9 Å². The lowest BCUT2D eigenvalue weighted by molar-refractivity contribution is -0.158. The van der Waals surface area contributed by atoms with E-state index in [0.717, 1.165) is 49.3 Å². The molecule has 1 fully saturated rings. The summed E-state index contributed by atoms with van der Waals surface area (Å²) in [4.78, 5) is 36.7. The van der Waals surface area contributed by atoms with Crippen LogP contribution >= 0.6 is 0 Å². The Hall–Kier alpha value is -2.59. The molecule has 1 aliphatic rings. The number of rotatable bonds is 6. The molecule has 1 aromatic heterocycles. The van der Waals surface area contributed by atoms with Crippen molar-refractivity contribution >= 4 is 22.8 Å². The van der Waals surface area contributed by atoms with Crippen LogP contribution in [0.2, 0.25) is 0 Å². The van der Waals surface area contributed by atoms with Crippen molar-refractivity contribution in [3.63, 3.8) is 0 Å². The minimum absolute atomic E-state index is 0.206. The molecule has 2 aromatic rings. The van der Waals surface area contributed by atoms with Crippen LogP contribution in [-0.2, 0) is 25.6 Å². The van der Waals surface area contributed by atoms with Gasteiger partial charge in [0.2, 0.25) is 0 Å². The average Bonchev–Trinajstić information content (AvgIpc) is 2.81. The summed E-state index contributed by atoms with van der Waals surface area (Å²) in [5.41, 5.74) is 0.974. The molecular formula is C30H47N5O4. The van der Waals surface area contributed by atoms with Crippen molar-refractivity contribution in [1.29, 1.82) is 0 Å². The first-order chi connectivity index (χ1) is 18.4. The number of para-hydroxylation sites is 1. The Morgan fingerprint density at radius 3 is 1.85 bits per heavy atom. The van der Waals surface area contributed by atoms with Crippen molar-refractivity contribution in [3.8, 4) is 0 Å². The predicted molar refractivity (Wildman–Crippen MR) is 154 cm³/mol. The molecule has 1 aromatic carbocycles. The summed E-state index contributed by atoms with van der Waals surface area (Å²) in [7, 11) is 0. The van der Waals surface area contributed by atoms with Crippen molar-refractivity contribution < 1.29 is 19.1 Å². The molecule has 0 spiro atoms. The quantitative estimate of drug-likeness (QED) is 0.555. The van der Waals surface area contributed by atoms with E-state index in [0.29, 0.717) is 26.2 Å². The third-order valence-corrected chi connectivity index (χ3v) is 6.26. The number of carbonyl (C=O) groups excluding carboxylic acids is 2. The molecule has 2 heterocycles. The van der Waals surface area contributed by atoms with Crippen molar-refractivity contribution in [3.05, 3.63) is 42.1 Å². The SMILES string of the molecule is CC(C)(C)OC(=O)CN1CCNCCN(Cc2ccc3ccccc3n2)CCN(CC(=O)OC(C)(C)C)CC1. The fourth-order valence-corrected chi connectivity index (χ4v) is 4.51. The van der Waals surface area contributed by atoms with Crippen LogP contribution in [0.5, 0.6) is 0 Å². The third kappa shape index (κ3) is 12.0. The van der Waals surface area contributed by atoms with Gasteiger partial charge in [-0.3, -0.25) is 29.3 Å². The van der Waals surface area contributed by atoms with Crippen LogP contribution in [0.4, 0.5) is 0 Å². The van der Waals surface area contributed by atoms with Gasteiger partial charge in [0.1, 0.15) is 11.2 Å². The van der Waals surface area contributed by atoms with Gasteiger partial charge in [-0.05, 0) is 53.7 Å². The zero-order chi connectivity index (χ0) is 28.5. The highest BCUT2D eigenvalue weighted by Gasteiger charge is 2.23. The minimum atomic E-state index is -0.536. The lowest BCUT2D eigenvalue weighted by atomic mass is 10.2. The summed E-state index contributed by atoms with van der Waals surface area (Å²) >= 11 is 0. The van der Waals surface area contributed by atoms with E-state index in [1.54, 1.807) is 0 Å². The molecular weight excluding hydrogens is 494 g/mol. The molecule has 9 nitrogen and oxygen atoms in total. The van der Waals surface area contributed by atoms with Gasteiger partial charge in [0.25, 0.3) is 0 Å². The van der Waals surface area contributed by atoms with Crippen molar-refractivity contribution in [2.75, 3.05) is 65.4 Å². The van der Waals surface area contributed by atoms with Crippen LogP contribution in [0, 0.1) is 0 Å². The number of hydrogen-bond donors (Lipinski definition) is 1. The highest BCUT2D eigenvalue weighted by molar-refractivity contribution is 5.78. The Bertz CT molecular complexity index is 1080. The zero-order valence-corrected chi connectivity index (χ0v) is 24.7. The molecule has 0 aliphatic carbocycles. The topological polar surface area (TPSA) is 87.2 Å². The Balaban J connectivity index is 1.69. The van der Waals surface area contributed by atoms with Gasteiger partial charge in [-0.1, -0.05) is 24.3 Å². The molecule has 0 saturated carbocycles. The molecule has 9 heteroatoms. The third-order valence-electron chi connectivity index (χ3n) is 6.26. The van der Waals surface area contributed by atoms with E-state index in [1.165, 1.54) is 0 Å². The number of esters is 2. The number of pyridine rings is 1. The first kappa shape index (κ1) is 30.9. The molecule has 39 heavy (non-hydrogen) atoms. The Morgan fingerprint density at radius 2 is 1.26 bits per heavy atom. The molecule has 0 radical (unpaired) electrons. The maximum absolute atomic E-state index is 12.7. The van der Waals surface area contributed by atoms with Gasteiger partial charge >= 0.3 is 11.9 Å². The van der Waals surface area contributed by atoms with E-state index >= 15 is 0 Å². The molecule has 0 unspecified atom stereocenters. The molecule has 1 saturated heterocycles. The molecule has 1 aliphatic heterocycles. The standard InChI is InChI=1S/C30H47N5O4/c1-29(2,3)38-27(36)22-34-16-14-31-13-15-33(21-25-12-11-24-9-7-8-10-26(24)32-25)17-19-35(20-18-34)23-28(37)39-30(4,5)6/h7-12,31H,13-23H2,1-6H3. The van der Waals surface area contributed by atoms with E-state index in [1.807, 2.05) is 59.7 Å². The molecule has 1 N–H and O–H groups in total. The van der Waals surface area contributed by atoms with Gasteiger partial charge in [-0.25, -0.2) is 0 Å². The van der Waals surface area contributed by atoms with Gasteiger partial charge in [0.05, 0.1) is 24.3 Å². The second-order valence-electron chi connectivity index (χ2n) is 12.2. The summed E-state index contributed by atoms with van der Waals surface area (Å²) in [6.45, 7) is 18.4. The highest BCUT2D eigenvalue weighted by atomic mass is 16.6. The minimum Gasteiger partial charge on any atom is -0.459 e. The fourth-order valence-electron chi connectivity index (χ4n) is 4.51. The Morgan fingerprint density at radius 1 is 0.744 bits per heavy atom. The van der Waals surface area contributed by atoms with Crippen molar-refractivity contribution in [2.24, 2.45) is 0 Å². The maximum Gasteiger partial charge on any atom is 0.320 e. The van der Waals surface area contributed by atoms with Gasteiger partial charge in [0.15, 0.2) is 0 Å². The van der Waals surface area contributed by atoms with Gasteiger partial charge in [-0.2, -0.15) is 0 Å². The summed E-state index contributed by atoms with van der Waals surface area (Å²) < 4.78 is 11.2. The lowest BCUT2D eigenvalue weighted by Gasteiger charge is -2.32. The Labute approximate surface area is 233 Å². The molecule has 0 atom stereocenters. The smallest absolute Gasteiger partial charge is 0.320 e. The molecule has 0 amide bonds. The van der Waals surface area contributed by atoms with Crippen molar-refractivity contribution in [2.45, 2.75) is 59.3 Å². The summed E-state index contributed by atoms with van der Waals surface area (Å²) in [6.07, 6.45) is 0. The van der Waals surface area contributed by atoms with E-state index in [2.05, 4.69) is 38.2 Å². The highest BCUT2D eigenvalue weighted by Crippen LogP contribution is 2.14. The number of nitrogens with one attached hydrogen (secondary N) is 1. The number of ether oxygens (including phenoxy) is 2. The van der Waals surface area contributed by atoms with Gasteiger partial charge in [0, 0.05) is 64.3 Å². The number of aromatic nitrogens is 1. The second-order valence-corrected chi connectivity index (χ2v) is 12.2. The lowest BCUT2D eigenvalue weighted by Crippen LogP contribution is -2.47. The first-order valence-corrected chi connectivity index (χ1v) is 14.0. The maximum atomic E-state index is 12.7. The predicted octanol–water partition coefficient (Wildman–Crippen LogP) is 2.93. The van der Waals surface area contributed by atoms with E-state index in [-0.39, 0.29) is 25.0 Å². The summed E-state index contributed by atoms with van der Waals surface area (Å²) in [5.74, 6) is -0.472. The van der Waals surface area contributed by atoms with E-state index in [4.69, 9.17) is 14.5 Å². The summed E-state index contributed by atoms with van der Waals surface area (Å²) in [5, 5.41) is 4.66. The van der Waals surface area contributed by atoms with Crippen LogP contribution in [-0.4, -0.2) is 108 Å². The first-order valence-electron chi connectivity index (χ1n) is 14.0. The largest absolute Gasteiger partial charge is 0.459 e. The van der Waals surface area contributed by atoms with Gasteiger partial charge in [-0.15, -0.1) is 0 Å². The van der Waals surface area contributed by atoms with Crippen LogP contribution in [0.3, 0.4) is 0 Å². The molecule has 3 rings (SSSR count). The second kappa shape index (κ2) is 14.2. The van der Waals surface area contributed by atoms with Crippen molar-refractivity contribution in [1.82, 2.24) is 25.0 Å². The number of fused-ring (bicyclic) bond motifs is 1. The molecule has 216 valence electrons. The number of hydrogen-bond acceptors (Lipinski definition) is 9. The number of carbonyl (C=O) groups is 2. The van der Waals surface area contributed by atoms with Crippen LogP contribution in [0.1, 0.15) is 47.2 Å². The van der Waals surface area contributed by atoms with Crippen LogP contribution in [0.15, 0.2) is 36.4 Å². The van der Waals surface area contributed by atoms with Crippen LogP contribution < -0.4 is 5.32 Å². The zero-order valence-electron chi connectivity index (χ0n) is 24.7. The normalized spacial score (nSPS) is 17.8.